The van der Waals surface area contributed by atoms with E-state index in [2.05, 4.69) is 53.2 Å². The van der Waals surface area contributed by atoms with Gasteiger partial charge in [-0.05, 0) is 41.5 Å². The Balaban J connectivity index is 1.53. The molecule has 39 heavy (non-hydrogen) atoms. The molecule has 1 amide bonds. The number of fused-ring (bicyclic) bond motifs is 1. The zero-order valence-electron chi connectivity index (χ0n) is 21.5. The van der Waals surface area contributed by atoms with E-state index in [0.29, 0.717) is 12.1 Å². The zero-order chi connectivity index (χ0) is 26.6. The number of aromatic nitrogens is 1. The second-order valence-corrected chi connectivity index (χ2v) is 10.4. The Morgan fingerprint density at radius 3 is 2.21 bits per heavy atom. The van der Waals surface area contributed by atoms with Crippen LogP contribution in [0, 0.1) is 6.92 Å². The number of carbonyl (C=O) groups is 1. The molecule has 190 valence electrons. The molecule has 1 aromatic heterocycles. The first-order valence-electron chi connectivity index (χ1n) is 12.9. The number of nitrogens with one attached hydrogen (secondary N) is 1. The lowest BCUT2D eigenvalue weighted by molar-refractivity contribution is 0.102. The van der Waals surface area contributed by atoms with Gasteiger partial charge in [-0.15, -0.1) is 0 Å². The molecule has 4 nitrogen and oxygen atoms in total. The number of amides is 1. The van der Waals surface area contributed by atoms with Crippen molar-refractivity contribution in [2.24, 2.45) is 4.99 Å². The molecule has 0 saturated heterocycles. The van der Waals surface area contributed by atoms with Crippen LogP contribution in [0.25, 0.3) is 22.0 Å². The van der Waals surface area contributed by atoms with Gasteiger partial charge in [0.1, 0.15) is 5.00 Å². The summed E-state index contributed by atoms with van der Waals surface area (Å²) in [5.74, 6) is -0.140. The Labute approximate surface area is 231 Å². The summed E-state index contributed by atoms with van der Waals surface area (Å²) in [5.41, 5.74) is 5.84. The van der Waals surface area contributed by atoms with Gasteiger partial charge in [-0.1, -0.05) is 126 Å². The van der Waals surface area contributed by atoms with Crippen LogP contribution in [-0.2, 0) is 6.54 Å². The smallest absolute Gasteiger partial charge is 0.256 e. The van der Waals surface area contributed by atoms with Gasteiger partial charge in [-0.25, -0.2) is 4.99 Å². The summed E-state index contributed by atoms with van der Waals surface area (Å²) in [4.78, 5) is 19.6. The van der Waals surface area contributed by atoms with E-state index in [9.17, 15) is 4.79 Å². The van der Waals surface area contributed by atoms with E-state index >= 15 is 0 Å². The molecular formula is C34H27N3OS. The summed E-state index contributed by atoms with van der Waals surface area (Å²) >= 11 is 1.49. The van der Waals surface area contributed by atoms with Crippen molar-refractivity contribution in [3.63, 3.8) is 0 Å². The molecule has 0 aliphatic carbocycles. The molecule has 1 heterocycles. The van der Waals surface area contributed by atoms with Gasteiger partial charge in [0.15, 0.2) is 4.80 Å². The van der Waals surface area contributed by atoms with Crippen molar-refractivity contribution < 1.29 is 4.79 Å². The molecule has 0 atom stereocenters. The lowest BCUT2D eigenvalue weighted by Gasteiger charge is -2.13. The number of nitrogens with zero attached hydrogens (tertiary/aromatic N) is 2. The molecule has 5 heteroatoms. The van der Waals surface area contributed by atoms with E-state index in [-0.39, 0.29) is 5.91 Å². The van der Waals surface area contributed by atoms with E-state index in [1.54, 1.807) is 0 Å². The van der Waals surface area contributed by atoms with Crippen molar-refractivity contribution in [1.82, 2.24) is 4.57 Å². The first-order chi connectivity index (χ1) is 19.2. The molecule has 0 fully saturated rings. The van der Waals surface area contributed by atoms with Crippen LogP contribution in [0.5, 0.6) is 0 Å². The minimum absolute atomic E-state index is 0.140. The number of hydrogen-bond acceptors (Lipinski definition) is 3. The zero-order valence-corrected chi connectivity index (χ0v) is 22.4. The maximum Gasteiger partial charge on any atom is 0.256 e. The third-order valence-electron chi connectivity index (χ3n) is 6.66. The van der Waals surface area contributed by atoms with Crippen LogP contribution in [0.4, 0.5) is 10.7 Å². The van der Waals surface area contributed by atoms with E-state index in [4.69, 9.17) is 4.99 Å². The minimum Gasteiger partial charge on any atom is -0.312 e. The number of carbonyl (C=O) groups excluding carboxylic acids is 1. The highest BCUT2D eigenvalue weighted by Gasteiger charge is 2.20. The van der Waals surface area contributed by atoms with Crippen molar-refractivity contribution >= 4 is 38.7 Å². The van der Waals surface area contributed by atoms with Gasteiger partial charge in [0.05, 0.1) is 17.9 Å². The molecule has 6 rings (SSSR count). The van der Waals surface area contributed by atoms with Gasteiger partial charge in [0.25, 0.3) is 5.91 Å². The third-order valence-corrected chi connectivity index (χ3v) is 7.65. The molecule has 0 radical (unpaired) electrons. The molecule has 0 aliphatic heterocycles. The van der Waals surface area contributed by atoms with Gasteiger partial charge < -0.3 is 9.88 Å². The number of anilines is 1. The molecular weight excluding hydrogens is 498 g/mol. The van der Waals surface area contributed by atoms with E-state index in [1.165, 1.54) is 16.9 Å². The lowest BCUT2D eigenvalue weighted by atomic mass is 10.0. The lowest BCUT2D eigenvalue weighted by Crippen LogP contribution is -2.17. The summed E-state index contributed by atoms with van der Waals surface area (Å²) in [7, 11) is 0. The highest BCUT2D eigenvalue weighted by Crippen LogP contribution is 2.33. The predicted molar refractivity (Wildman–Crippen MR) is 162 cm³/mol. The molecule has 0 aliphatic rings. The maximum absolute atomic E-state index is 13.7. The molecule has 5 aromatic carbocycles. The third kappa shape index (κ3) is 5.31. The fourth-order valence-corrected chi connectivity index (χ4v) is 5.76. The number of thiazole rings is 1. The minimum atomic E-state index is -0.140. The monoisotopic (exact) mass is 525 g/mol. The second kappa shape index (κ2) is 10.9. The molecule has 1 N–H and O–H groups in total. The summed E-state index contributed by atoms with van der Waals surface area (Å²) in [5, 5.41) is 5.99. The van der Waals surface area contributed by atoms with Crippen molar-refractivity contribution in [1.29, 1.82) is 0 Å². The van der Waals surface area contributed by atoms with Crippen LogP contribution >= 0.6 is 11.3 Å². The standard InChI is InChI=1S/C34H27N3OS/c1-24-19-21-25(22-20-24)23-37-31(27-12-4-2-5-13-27)33(39-34(37)35-28-15-6-3-7-16-28)36-32(38)30-18-10-14-26-11-8-9-17-29(26)30/h2-22H,23H2,1H3,(H,36,38). The van der Waals surface area contributed by atoms with Crippen molar-refractivity contribution in [3.05, 3.63) is 149 Å². The molecule has 0 saturated carbocycles. The number of benzene rings is 5. The maximum atomic E-state index is 13.7. The van der Waals surface area contributed by atoms with Crippen LogP contribution in [0.3, 0.4) is 0 Å². The van der Waals surface area contributed by atoms with Crippen LogP contribution < -0.4 is 10.1 Å². The van der Waals surface area contributed by atoms with E-state index in [1.807, 2.05) is 91.0 Å². The molecule has 0 bridgehead atoms. The quantitative estimate of drug-likeness (QED) is 0.234. The van der Waals surface area contributed by atoms with Crippen LogP contribution in [0.1, 0.15) is 21.5 Å². The van der Waals surface area contributed by atoms with Gasteiger partial charge >= 0.3 is 0 Å². The number of aryl methyl sites for hydroxylation is 1. The Morgan fingerprint density at radius 2 is 1.44 bits per heavy atom. The molecule has 0 spiro atoms. The summed E-state index contributed by atoms with van der Waals surface area (Å²) in [6.45, 7) is 2.71. The van der Waals surface area contributed by atoms with Crippen LogP contribution in [0.2, 0.25) is 0 Å². The fourth-order valence-electron chi connectivity index (χ4n) is 4.69. The largest absolute Gasteiger partial charge is 0.312 e. The van der Waals surface area contributed by atoms with Gasteiger partial charge in [0, 0.05) is 11.1 Å². The summed E-state index contributed by atoms with van der Waals surface area (Å²) < 4.78 is 2.20. The Morgan fingerprint density at radius 1 is 0.769 bits per heavy atom. The number of rotatable bonds is 6. The topological polar surface area (TPSA) is 46.4 Å². The van der Waals surface area contributed by atoms with Crippen molar-refractivity contribution in [2.45, 2.75) is 13.5 Å². The molecule has 6 aromatic rings. The fraction of sp³-hybridized carbons (Fsp3) is 0.0588. The van der Waals surface area contributed by atoms with Gasteiger partial charge in [-0.2, -0.15) is 0 Å². The number of para-hydroxylation sites is 1. The summed E-state index contributed by atoms with van der Waals surface area (Å²) in [6.07, 6.45) is 0. The van der Waals surface area contributed by atoms with Crippen molar-refractivity contribution in [3.8, 4) is 11.3 Å². The van der Waals surface area contributed by atoms with E-state index in [0.717, 1.165) is 43.1 Å². The van der Waals surface area contributed by atoms with Gasteiger partial charge in [0.2, 0.25) is 0 Å². The average molecular weight is 526 g/mol. The average Bonchev–Trinajstić information content (AvgIpc) is 3.30. The first kappa shape index (κ1) is 24.6. The highest BCUT2D eigenvalue weighted by atomic mass is 32.1. The SMILES string of the molecule is Cc1ccc(Cn2c(-c3ccccc3)c(NC(=O)c3cccc4ccccc34)sc2=Nc2ccccc2)cc1. The molecule has 0 unspecified atom stereocenters. The highest BCUT2D eigenvalue weighted by molar-refractivity contribution is 7.14. The first-order valence-corrected chi connectivity index (χ1v) is 13.7. The van der Waals surface area contributed by atoms with Crippen LogP contribution in [-0.4, -0.2) is 10.5 Å². The summed E-state index contributed by atoms with van der Waals surface area (Å²) in [6, 6.07) is 42.5. The second-order valence-electron chi connectivity index (χ2n) is 9.43. The van der Waals surface area contributed by atoms with Gasteiger partial charge in [-0.3, -0.25) is 4.79 Å². The Hall–Kier alpha value is -4.74. The number of hydrogen-bond donors (Lipinski definition) is 1. The van der Waals surface area contributed by atoms with E-state index < -0.39 is 0 Å². The predicted octanol–water partition coefficient (Wildman–Crippen LogP) is 8.21. The van der Waals surface area contributed by atoms with Crippen LogP contribution in [0.15, 0.2) is 132 Å². The normalized spacial score (nSPS) is 11.6. The van der Waals surface area contributed by atoms with Crippen molar-refractivity contribution in [2.75, 3.05) is 5.32 Å². The Bertz CT molecular complexity index is 1810. The Kier molecular flexibility index (Phi) is 6.89.